The van der Waals surface area contributed by atoms with Gasteiger partial charge in [0.1, 0.15) is 0 Å². The predicted octanol–water partition coefficient (Wildman–Crippen LogP) is 1.31. The highest BCUT2D eigenvalue weighted by Gasteiger charge is 2.20. The van der Waals surface area contributed by atoms with Gasteiger partial charge in [-0.1, -0.05) is 20.8 Å². The molecule has 0 aromatic heterocycles. The van der Waals surface area contributed by atoms with Crippen molar-refractivity contribution in [3.8, 4) is 6.07 Å². The third-order valence-electron chi connectivity index (χ3n) is 1.28. The zero-order valence-electron chi connectivity index (χ0n) is 6.18. The smallest absolute Gasteiger partial charge is 0.0718 e. The topological polar surface area (TPSA) is 44.0 Å². The summed E-state index contributed by atoms with van der Waals surface area (Å²) in [4.78, 5) is 0. The Hall–Kier alpha value is -0.550. The molecule has 0 bridgehead atoms. The highest BCUT2D eigenvalue weighted by atomic mass is 16.3. The summed E-state index contributed by atoms with van der Waals surface area (Å²) < 4.78 is 0. The lowest BCUT2D eigenvalue weighted by Gasteiger charge is -2.22. The molecule has 0 unspecified atom stereocenters. The second-order valence-electron chi connectivity index (χ2n) is 3.24. The van der Waals surface area contributed by atoms with Crippen molar-refractivity contribution in [1.29, 1.82) is 5.26 Å². The van der Waals surface area contributed by atoms with Gasteiger partial charge in [0, 0.05) is 0 Å². The fourth-order valence-corrected chi connectivity index (χ4v) is 0.393. The fraction of sp³-hybridized carbons (Fsp3) is 0.857. The average Bonchev–Trinajstić information content (AvgIpc) is 1.64. The maximum absolute atomic E-state index is 9.16. The van der Waals surface area contributed by atoms with Crippen molar-refractivity contribution in [1.82, 2.24) is 0 Å². The van der Waals surface area contributed by atoms with Crippen LogP contribution in [0.5, 0.6) is 0 Å². The Morgan fingerprint density at radius 2 is 2.00 bits per heavy atom. The lowest BCUT2D eigenvalue weighted by atomic mass is 9.88. The summed E-state index contributed by atoms with van der Waals surface area (Å²) in [6.07, 6.45) is -0.272. The maximum atomic E-state index is 9.16. The van der Waals surface area contributed by atoms with Crippen LogP contribution in [-0.2, 0) is 0 Å². The minimum atomic E-state index is -0.498. The van der Waals surface area contributed by atoms with Crippen LogP contribution in [0.4, 0.5) is 0 Å². The van der Waals surface area contributed by atoms with E-state index in [2.05, 4.69) is 0 Å². The van der Waals surface area contributed by atoms with Gasteiger partial charge in [-0.05, 0) is 5.41 Å². The second kappa shape index (κ2) is 2.84. The van der Waals surface area contributed by atoms with Crippen molar-refractivity contribution in [3.05, 3.63) is 0 Å². The van der Waals surface area contributed by atoms with Gasteiger partial charge in [0.15, 0.2) is 0 Å². The van der Waals surface area contributed by atoms with Crippen LogP contribution in [0, 0.1) is 16.7 Å². The summed E-state index contributed by atoms with van der Waals surface area (Å²) in [6.45, 7) is 5.74. The van der Waals surface area contributed by atoms with E-state index in [0.29, 0.717) is 0 Å². The van der Waals surface area contributed by atoms with Gasteiger partial charge in [0.25, 0.3) is 0 Å². The van der Waals surface area contributed by atoms with Gasteiger partial charge in [-0.3, -0.25) is 0 Å². The summed E-state index contributed by atoms with van der Waals surface area (Å²) in [5, 5.41) is 17.4. The van der Waals surface area contributed by atoms with E-state index in [1.54, 1.807) is 0 Å². The number of nitrogens with zero attached hydrogens (tertiary/aromatic N) is 1. The summed E-state index contributed by atoms with van der Waals surface area (Å²) in [5.74, 6) is 0. The molecule has 0 saturated carbocycles. The van der Waals surface area contributed by atoms with Crippen LogP contribution in [0.25, 0.3) is 0 Å². The van der Waals surface area contributed by atoms with E-state index < -0.39 is 6.10 Å². The molecule has 9 heavy (non-hydrogen) atoms. The molecule has 0 aliphatic rings. The first-order valence-electron chi connectivity index (χ1n) is 3.03. The normalized spacial score (nSPS) is 14.6. The molecule has 0 heterocycles. The number of hydrogen-bond acceptors (Lipinski definition) is 2. The molecule has 2 heteroatoms. The quantitative estimate of drug-likeness (QED) is 0.577. The molecule has 1 atom stereocenters. The van der Waals surface area contributed by atoms with Crippen LogP contribution in [0.15, 0.2) is 0 Å². The zero-order valence-corrected chi connectivity index (χ0v) is 6.18. The van der Waals surface area contributed by atoms with Crippen molar-refractivity contribution in [3.63, 3.8) is 0 Å². The Bertz CT molecular complexity index is 118. The Labute approximate surface area is 56.1 Å². The summed E-state index contributed by atoms with van der Waals surface area (Å²) in [5.41, 5.74) is -0.157. The number of aliphatic hydroxyl groups excluding tert-OH is 1. The number of nitriles is 1. The van der Waals surface area contributed by atoms with Gasteiger partial charge < -0.3 is 5.11 Å². The van der Waals surface area contributed by atoms with Crippen LogP contribution in [0.3, 0.4) is 0 Å². The molecule has 0 amide bonds. The first-order chi connectivity index (χ1) is 3.98. The average molecular weight is 127 g/mol. The first kappa shape index (κ1) is 8.45. The van der Waals surface area contributed by atoms with Crippen molar-refractivity contribution in [2.45, 2.75) is 33.3 Å². The second-order valence-corrected chi connectivity index (χ2v) is 3.24. The summed E-state index contributed by atoms with van der Waals surface area (Å²) >= 11 is 0. The molecule has 0 rings (SSSR count). The zero-order chi connectivity index (χ0) is 7.49. The standard InChI is InChI=1S/C7H13NO/c1-7(2,3)6(9)4-5-8/h6,9H,4H2,1-3H3/t6-/m0/s1. The molecular weight excluding hydrogens is 114 g/mol. The number of hydrogen-bond donors (Lipinski definition) is 1. The number of rotatable bonds is 1. The largest absolute Gasteiger partial charge is 0.392 e. The van der Waals surface area contributed by atoms with Gasteiger partial charge >= 0.3 is 0 Å². The van der Waals surface area contributed by atoms with Gasteiger partial charge in [-0.25, -0.2) is 0 Å². The lowest BCUT2D eigenvalue weighted by molar-refractivity contribution is 0.0674. The van der Waals surface area contributed by atoms with E-state index in [4.69, 9.17) is 10.4 Å². The highest BCUT2D eigenvalue weighted by molar-refractivity contribution is 4.82. The SMILES string of the molecule is CC(C)(C)[C@@H](O)CC#N. The van der Waals surface area contributed by atoms with Crippen LogP contribution in [-0.4, -0.2) is 11.2 Å². The minimum absolute atomic E-state index is 0.157. The molecule has 52 valence electrons. The summed E-state index contributed by atoms with van der Waals surface area (Å²) in [7, 11) is 0. The minimum Gasteiger partial charge on any atom is -0.392 e. The number of aliphatic hydroxyl groups is 1. The van der Waals surface area contributed by atoms with Crippen molar-refractivity contribution < 1.29 is 5.11 Å². The van der Waals surface area contributed by atoms with Crippen LogP contribution in [0.1, 0.15) is 27.2 Å². The third-order valence-corrected chi connectivity index (χ3v) is 1.28. The van der Waals surface area contributed by atoms with Crippen molar-refractivity contribution in [2.24, 2.45) is 5.41 Å². The van der Waals surface area contributed by atoms with E-state index in [0.717, 1.165) is 0 Å². The Kier molecular flexibility index (Phi) is 2.66. The van der Waals surface area contributed by atoms with Gasteiger partial charge in [-0.15, -0.1) is 0 Å². The van der Waals surface area contributed by atoms with Crippen LogP contribution >= 0.6 is 0 Å². The summed E-state index contributed by atoms with van der Waals surface area (Å²) in [6, 6.07) is 1.92. The maximum Gasteiger partial charge on any atom is 0.0718 e. The predicted molar refractivity (Wildman–Crippen MR) is 35.7 cm³/mol. The molecule has 0 fully saturated rings. The Morgan fingerprint density at radius 1 is 1.56 bits per heavy atom. The molecule has 0 aromatic carbocycles. The molecule has 0 radical (unpaired) electrons. The van der Waals surface area contributed by atoms with Crippen LogP contribution < -0.4 is 0 Å². The van der Waals surface area contributed by atoms with E-state index in [1.807, 2.05) is 26.8 Å². The third kappa shape index (κ3) is 3.10. The molecule has 0 aliphatic heterocycles. The molecule has 0 saturated heterocycles. The molecule has 0 aliphatic carbocycles. The molecular formula is C7H13NO. The fourth-order valence-electron chi connectivity index (χ4n) is 0.393. The molecule has 0 aromatic rings. The molecule has 0 spiro atoms. The van der Waals surface area contributed by atoms with Gasteiger partial charge in [-0.2, -0.15) is 5.26 Å². The van der Waals surface area contributed by atoms with E-state index in [1.165, 1.54) is 0 Å². The van der Waals surface area contributed by atoms with Crippen molar-refractivity contribution in [2.75, 3.05) is 0 Å². The van der Waals surface area contributed by atoms with Gasteiger partial charge in [0.05, 0.1) is 18.6 Å². The van der Waals surface area contributed by atoms with Crippen LogP contribution in [0.2, 0.25) is 0 Å². The Balaban J connectivity index is 3.76. The highest BCUT2D eigenvalue weighted by Crippen LogP contribution is 2.20. The molecule has 2 nitrogen and oxygen atoms in total. The van der Waals surface area contributed by atoms with Crippen molar-refractivity contribution >= 4 is 0 Å². The van der Waals surface area contributed by atoms with E-state index in [-0.39, 0.29) is 11.8 Å². The first-order valence-corrected chi connectivity index (χ1v) is 3.03. The van der Waals surface area contributed by atoms with Gasteiger partial charge in [0.2, 0.25) is 0 Å². The lowest BCUT2D eigenvalue weighted by Crippen LogP contribution is -2.25. The molecule has 1 N–H and O–H groups in total. The van der Waals surface area contributed by atoms with E-state index in [9.17, 15) is 0 Å². The monoisotopic (exact) mass is 127 g/mol. The van der Waals surface area contributed by atoms with E-state index >= 15 is 0 Å². The Morgan fingerprint density at radius 3 is 2.11 bits per heavy atom.